The van der Waals surface area contributed by atoms with Crippen LogP contribution in [0.15, 0.2) is 22.7 Å². The molecule has 0 aliphatic rings. The predicted molar refractivity (Wildman–Crippen MR) is 54.4 cm³/mol. The van der Waals surface area contributed by atoms with Crippen LogP contribution >= 0.6 is 15.9 Å². The summed E-state index contributed by atoms with van der Waals surface area (Å²) in [6.07, 6.45) is -0.229. The summed E-state index contributed by atoms with van der Waals surface area (Å²) in [5, 5.41) is 19.0. The van der Waals surface area contributed by atoms with Crippen LogP contribution in [-0.4, -0.2) is 16.8 Å². The Morgan fingerprint density at radius 1 is 1.46 bits per heavy atom. The minimum Gasteiger partial charge on any atom is -0.508 e. The van der Waals surface area contributed by atoms with E-state index in [1.54, 1.807) is 18.2 Å². The summed E-state index contributed by atoms with van der Waals surface area (Å²) in [4.78, 5) is 0. The standard InChI is InChI=1S/C9H12BrNO2/c10-6-1-2-7(9(13)5-6)8(12)3-4-11/h1-2,5,8,12-13H,3-4,11H2/t8-/m0/s1. The highest BCUT2D eigenvalue weighted by atomic mass is 79.9. The Bertz CT molecular complexity index is 291. The van der Waals surface area contributed by atoms with Gasteiger partial charge in [0, 0.05) is 10.0 Å². The van der Waals surface area contributed by atoms with Gasteiger partial charge in [-0.2, -0.15) is 0 Å². The third kappa shape index (κ3) is 2.69. The topological polar surface area (TPSA) is 66.5 Å². The van der Waals surface area contributed by atoms with Gasteiger partial charge in [-0.05, 0) is 25.1 Å². The molecule has 0 spiro atoms. The monoisotopic (exact) mass is 245 g/mol. The zero-order valence-corrected chi connectivity index (χ0v) is 8.66. The molecule has 0 aliphatic heterocycles. The maximum atomic E-state index is 9.54. The Morgan fingerprint density at radius 3 is 2.69 bits per heavy atom. The lowest BCUT2D eigenvalue weighted by atomic mass is 10.1. The van der Waals surface area contributed by atoms with Crippen LogP contribution in [-0.2, 0) is 0 Å². The normalized spacial score (nSPS) is 12.8. The molecule has 1 aromatic carbocycles. The van der Waals surface area contributed by atoms with Crippen molar-refractivity contribution in [2.75, 3.05) is 6.54 Å². The Morgan fingerprint density at radius 2 is 2.15 bits per heavy atom. The van der Waals surface area contributed by atoms with Crippen molar-refractivity contribution in [3.8, 4) is 5.75 Å². The second kappa shape index (κ2) is 4.60. The molecular weight excluding hydrogens is 234 g/mol. The van der Waals surface area contributed by atoms with Gasteiger partial charge in [0.05, 0.1) is 6.10 Å². The predicted octanol–water partition coefficient (Wildman–Crippen LogP) is 1.54. The molecule has 1 aromatic rings. The van der Waals surface area contributed by atoms with Crippen molar-refractivity contribution in [2.45, 2.75) is 12.5 Å². The van der Waals surface area contributed by atoms with E-state index in [1.165, 1.54) is 0 Å². The van der Waals surface area contributed by atoms with E-state index in [0.717, 1.165) is 4.47 Å². The summed E-state index contributed by atoms with van der Waals surface area (Å²) >= 11 is 3.22. The largest absolute Gasteiger partial charge is 0.508 e. The molecule has 4 heteroatoms. The summed E-state index contributed by atoms with van der Waals surface area (Å²) in [7, 11) is 0. The van der Waals surface area contributed by atoms with E-state index in [1.807, 2.05) is 0 Å². The molecule has 0 radical (unpaired) electrons. The van der Waals surface area contributed by atoms with Crippen LogP contribution in [0.25, 0.3) is 0 Å². The van der Waals surface area contributed by atoms with Gasteiger partial charge in [0.25, 0.3) is 0 Å². The highest BCUT2D eigenvalue weighted by Gasteiger charge is 2.10. The average molecular weight is 246 g/mol. The van der Waals surface area contributed by atoms with E-state index in [4.69, 9.17) is 5.73 Å². The van der Waals surface area contributed by atoms with Crippen molar-refractivity contribution in [1.82, 2.24) is 0 Å². The van der Waals surface area contributed by atoms with Crippen LogP contribution in [0.1, 0.15) is 18.1 Å². The number of nitrogens with two attached hydrogens (primary N) is 1. The quantitative estimate of drug-likeness (QED) is 0.757. The van der Waals surface area contributed by atoms with Crippen molar-refractivity contribution in [2.24, 2.45) is 5.73 Å². The molecule has 4 N–H and O–H groups in total. The molecule has 72 valence electrons. The zero-order chi connectivity index (χ0) is 9.84. The molecule has 1 atom stereocenters. The van der Waals surface area contributed by atoms with E-state index in [-0.39, 0.29) is 5.75 Å². The number of rotatable bonds is 3. The van der Waals surface area contributed by atoms with Gasteiger partial charge < -0.3 is 15.9 Å². The van der Waals surface area contributed by atoms with Crippen molar-refractivity contribution < 1.29 is 10.2 Å². The number of halogens is 1. The van der Waals surface area contributed by atoms with Gasteiger partial charge in [-0.3, -0.25) is 0 Å². The van der Waals surface area contributed by atoms with Gasteiger partial charge in [0.2, 0.25) is 0 Å². The maximum absolute atomic E-state index is 9.54. The van der Waals surface area contributed by atoms with Gasteiger partial charge in [-0.1, -0.05) is 22.0 Å². The van der Waals surface area contributed by atoms with Crippen LogP contribution in [0.3, 0.4) is 0 Å². The lowest BCUT2D eigenvalue weighted by Crippen LogP contribution is -2.06. The number of aliphatic hydroxyl groups is 1. The molecule has 0 saturated carbocycles. The first-order valence-corrected chi connectivity index (χ1v) is 4.81. The Kier molecular flexibility index (Phi) is 3.71. The Labute approximate surface area is 85.3 Å². The maximum Gasteiger partial charge on any atom is 0.122 e. The number of benzene rings is 1. The molecule has 0 unspecified atom stereocenters. The summed E-state index contributed by atoms with van der Waals surface area (Å²) in [6, 6.07) is 5.00. The van der Waals surface area contributed by atoms with Crippen LogP contribution in [0.4, 0.5) is 0 Å². The number of aliphatic hydroxyl groups excluding tert-OH is 1. The van der Waals surface area contributed by atoms with E-state index in [2.05, 4.69) is 15.9 Å². The summed E-state index contributed by atoms with van der Waals surface area (Å²) in [6.45, 7) is 0.399. The van der Waals surface area contributed by atoms with Gasteiger partial charge in [-0.15, -0.1) is 0 Å². The molecule has 0 amide bonds. The van der Waals surface area contributed by atoms with Gasteiger partial charge in [0.1, 0.15) is 5.75 Å². The molecular formula is C9H12BrNO2. The number of phenolic OH excluding ortho intramolecular Hbond substituents is 1. The van der Waals surface area contributed by atoms with Crippen molar-refractivity contribution in [3.05, 3.63) is 28.2 Å². The van der Waals surface area contributed by atoms with E-state index in [0.29, 0.717) is 18.5 Å². The lowest BCUT2D eigenvalue weighted by molar-refractivity contribution is 0.166. The van der Waals surface area contributed by atoms with Gasteiger partial charge >= 0.3 is 0 Å². The smallest absolute Gasteiger partial charge is 0.122 e. The fourth-order valence-electron chi connectivity index (χ4n) is 1.11. The van der Waals surface area contributed by atoms with Gasteiger partial charge in [0.15, 0.2) is 0 Å². The molecule has 0 aromatic heterocycles. The Hall–Kier alpha value is -0.580. The second-order valence-corrected chi connectivity index (χ2v) is 3.71. The first-order valence-electron chi connectivity index (χ1n) is 4.01. The highest BCUT2D eigenvalue weighted by molar-refractivity contribution is 9.10. The number of aromatic hydroxyl groups is 1. The molecule has 0 saturated heterocycles. The SMILES string of the molecule is NCC[C@H](O)c1ccc(Br)cc1O. The lowest BCUT2D eigenvalue weighted by Gasteiger charge is -2.11. The molecule has 0 bridgehead atoms. The minimum absolute atomic E-state index is 0.0929. The molecule has 0 aliphatic carbocycles. The van der Waals surface area contributed by atoms with Crippen LogP contribution < -0.4 is 5.73 Å². The summed E-state index contributed by atoms with van der Waals surface area (Å²) < 4.78 is 0.786. The number of phenols is 1. The fourth-order valence-corrected chi connectivity index (χ4v) is 1.46. The van der Waals surface area contributed by atoms with Crippen LogP contribution in [0.2, 0.25) is 0 Å². The molecule has 3 nitrogen and oxygen atoms in total. The molecule has 0 fully saturated rings. The van der Waals surface area contributed by atoms with E-state index >= 15 is 0 Å². The van der Waals surface area contributed by atoms with Crippen LogP contribution in [0.5, 0.6) is 5.75 Å². The number of hydrogen-bond donors (Lipinski definition) is 3. The Balaban J connectivity index is 2.88. The first kappa shape index (κ1) is 10.5. The molecule has 13 heavy (non-hydrogen) atoms. The third-order valence-electron chi connectivity index (χ3n) is 1.79. The van der Waals surface area contributed by atoms with Crippen molar-refractivity contribution in [3.63, 3.8) is 0 Å². The van der Waals surface area contributed by atoms with Crippen LogP contribution in [0, 0.1) is 0 Å². The van der Waals surface area contributed by atoms with Gasteiger partial charge in [-0.25, -0.2) is 0 Å². The van der Waals surface area contributed by atoms with Crippen molar-refractivity contribution >= 4 is 15.9 Å². The zero-order valence-electron chi connectivity index (χ0n) is 7.07. The summed E-state index contributed by atoms with van der Waals surface area (Å²) in [5.41, 5.74) is 5.82. The summed E-state index contributed by atoms with van der Waals surface area (Å²) in [5.74, 6) is 0.0929. The highest BCUT2D eigenvalue weighted by Crippen LogP contribution is 2.28. The fraction of sp³-hybridized carbons (Fsp3) is 0.333. The van der Waals surface area contributed by atoms with E-state index in [9.17, 15) is 10.2 Å². The average Bonchev–Trinajstić information content (AvgIpc) is 2.04. The minimum atomic E-state index is -0.682. The molecule has 1 rings (SSSR count). The molecule has 0 heterocycles. The first-order chi connectivity index (χ1) is 6.15. The number of hydrogen-bond acceptors (Lipinski definition) is 3. The third-order valence-corrected chi connectivity index (χ3v) is 2.28. The second-order valence-electron chi connectivity index (χ2n) is 2.80. The van der Waals surface area contributed by atoms with E-state index < -0.39 is 6.10 Å². The van der Waals surface area contributed by atoms with Crippen molar-refractivity contribution in [1.29, 1.82) is 0 Å².